The van der Waals surface area contributed by atoms with Crippen molar-refractivity contribution in [2.75, 3.05) is 26.3 Å². The van der Waals surface area contributed by atoms with E-state index in [9.17, 15) is 4.79 Å². The second kappa shape index (κ2) is 5.98. The predicted molar refractivity (Wildman–Crippen MR) is 68.9 cm³/mol. The molecule has 0 radical (unpaired) electrons. The van der Waals surface area contributed by atoms with Crippen LogP contribution in [0.25, 0.3) is 0 Å². The van der Waals surface area contributed by atoms with Gasteiger partial charge >= 0.3 is 5.97 Å². The van der Waals surface area contributed by atoms with E-state index in [2.05, 4.69) is 4.90 Å². The molecule has 0 aliphatic carbocycles. The summed E-state index contributed by atoms with van der Waals surface area (Å²) in [6, 6.07) is 5.67. The lowest BCUT2D eigenvalue weighted by molar-refractivity contribution is 0.0696. The fraction of sp³-hybridized carbons (Fsp3) is 0.500. The highest BCUT2D eigenvalue weighted by Gasteiger charge is 2.12. The number of hydrogen-bond acceptors (Lipinski definition) is 3. The summed E-state index contributed by atoms with van der Waals surface area (Å²) in [4.78, 5) is 13.4. The van der Waals surface area contributed by atoms with Crippen LogP contribution in [0.1, 0.15) is 27.9 Å². The molecule has 98 valence electrons. The third kappa shape index (κ3) is 3.31. The lowest BCUT2D eigenvalue weighted by atomic mass is 10.0. The largest absolute Gasteiger partial charge is 0.478 e. The van der Waals surface area contributed by atoms with E-state index in [0.29, 0.717) is 5.56 Å². The van der Waals surface area contributed by atoms with Gasteiger partial charge < -0.3 is 9.84 Å². The van der Waals surface area contributed by atoms with Gasteiger partial charge in [-0.1, -0.05) is 12.1 Å². The molecule has 1 aliphatic heterocycles. The van der Waals surface area contributed by atoms with Gasteiger partial charge in [-0.15, -0.1) is 0 Å². The van der Waals surface area contributed by atoms with Crippen molar-refractivity contribution in [2.45, 2.75) is 19.9 Å². The fourth-order valence-electron chi connectivity index (χ4n) is 2.21. The van der Waals surface area contributed by atoms with E-state index in [1.54, 1.807) is 6.07 Å². The first kappa shape index (κ1) is 13.1. The van der Waals surface area contributed by atoms with E-state index in [4.69, 9.17) is 9.84 Å². The zero-order valence-electron chi connectivity index (χ0n) is 10.7. The maximum absolute atomic E-state index is 11.1. The van der Waals surface area contributed by atoms with Crippen LogP contribution in [-0.2, 0) is 11.3 Å². The van der Waals surface area contributed by atoms with Gasteiger partial charge in [0.1, 0.15) is 0 Å². The Balaban J connectivity index is 2.08. The molecule has 1 fully saturated rings. The van der Waals surface area contributed by atoms with Gasteiger partial charge in [0.05, 0.1) is 12.2 Å². The van der Waals surface area contributed by atoms with Crippen molar-refractivity contribution < 1.29 is 14.6 Å². The maximum atomic E-state index is 11.1. The molecule has 2 rings (SSSR count). The van der Waals surface area contributed by atoms with Crippen LogP contribution in [0.3, 0.4) is 0 Å². The highest BCUT2D eigenvalue weighted by Crippen LogP contribution is 2.14. The molecule has 1 aromatic rings. The zero-order chi connectivity index (χ0) is 13.0. The summed E-state index contributed by atoms with van der Waals surface area (Å²) in [6.45, 7) is 6.13. The molecule has 0 atom stereocenters. The SMILES string of the molecule is Cc1ccc(CN2CCCOCC2)cc1C(=O)O. The lowest BCUT2D eigenvalue weighted by Crippen LogP contribution is -2.25. The van der Waals surface area contributed by atoms with Gasteiger partial charge in [0.25, 0.3) is 0 Å². The van der Waals surface area contributed by atoms with Crippen molar-refractivity contribution in [3.63, 3.8) is 0 Å². The molecule has 1 aliphatic rings. The summed E-state index contributed by atoms with van der Waals surface area (Å²) in [5.74, 6) is -0.853. The first-order chi connectivity index (χ1) is 8.66. The van der Waals surface area contributed by atoms with Crippen LogP contribution in [0.4, 0.5) is 0 Å². The molecular weight excluding hydrogens is 230 g/mol. The number of aryl methyl sites for hydroxylation is 1. The minimum Gasteiger partial charge on any atom is -0.478 e. The minimum absolute atomic E-state index is 0.401. The van der Waals surface area contributed by atoms with Crippen LogP contribution in [0.15, 0.2) is 18.2 Å². The van der Waals surface area contributed by atoms with Gasteiger partial charge in [0.15, 0.2) is 0 Å². The van der Waals surface area contributed by atoms with Crippen molar-refractivity contribution in [1.29, 1.82) is 0 Å². The Bertz CT molecular complexity index is 423. The molecule has 4 heteroatoms. The zero-order valence-corrected chi connectivity index (χ0v) is 10.7. The molecule has 0 unspecified atom stereocenters. The molecule has 0 bridgehead atoms. The number of carbonyl (C=O) groups is 1. The Hall–Kier alpha value is -1.39. The van der Waals surface area contributed by atoms with Gasteiger partial charge in [-0.05, 0) is 30.5 Å². The third-order valence-electron chi connectivity index (χ3n) is 3.25. The molecule has 0 spiro atoms. The number of carboxylic acids is 1. The van der Waals surface area contributed by atoms with Gasteiger partial charge in [-0.2, -0.15) is 0 Å². The van der Waals surface area contributed by atoms with E-state index in [1.165, 1.54) is 0 Å². The molecule has 4 nitrogen and oxygen atoms in total. The normalized spacial score (nSPS) is 17.4. The summed E-state index contributed by atoms with van der Waals surface area (Å²) in [7, 11) is 0. The van der Waals surface area contributed by atoms with Gasteiger partial charge in [0.2, 0.25) is 0 Å². The number of hydrogen-bond donors (Lipinski definition) is 1. The monoisotopic (exact) mass is 249 g/mol. The highest BCUT2D eigenvalue weighted by molar-refractivity contribution is 5.89. The van der Waals surface area contributed by atoms with Gasteiger partial charge in [-0.3, -0.25) is 4.90 Å². The Morgan fingerprint density at radius 2 is 2.22 bits per heavy atom. The summed E-state index contributed by atoms with van der Waals surface area (Å²) < 4.78 is 5.41. The van der Waals surface area contributed by atoms with E-state index < -0.39 is 5.97 Å². The Morgan fingerprint density at radius 1 is 1.39 bits per heavy atom. The summed E-state index contributed by atoms with van der Waals surface area (Å²) in [5.41, 5.74) is 2.27. The first-order valence-corrected chi connectivity index (χ1v) is 6.30. The number of ether oxygens (including phenoxy) is 1. The van der Waals surface area contributed by atoms with E-state index >= 15 is 0 Å². The van der Waals surface area contributed by atoms with Crippen LogP contribution < -0.4 is 0 Å². The van der Waals surface area contributed by atoms with Crippen molar-refractivity contribution in [2.24, 2.45) is 0 Å². The van der Waals surface area contributed by atoms with Crippen molar-refractivity contribution in [1.82, 2.24) is 4.90 Å². The predicted octanol–water partition coefficient (Wildman–Crippen LogP) is 1.92. The maximum Gasteiger partial charge on any atom is 0.335 e. The third-order valence-corrected chi connectivity index (χ3v) is 3.25. The molecule has 0 saturated carbocycles. The van der Waals surface area contributed by atoms with Crippen LogP contribution in [0.5, 0.6) is 0 Å². The van der Waals surface area contributed by atoms with Crippen molar-refractivity contribution >= 4 is 5.97 Å². The Kier molecular flexibility index (Phi) is 4.33. The average Bonchev–Trinajstić information content (AvgIpc) is 2.60. The number of rotatable bonds is 3. The molecule has 1 heterocycles. The molecule has 1 N–H and O–H groups in total. The van der Waals surface area contributed by atoms with Crippen LogP contribution in [-0.4, -0.2) is 42.3 Å². The van der Waals surface area contributed by atoms with Crippen LogP contribution in [0.2, 0.25) is 0 Å². The number of carboxylic acid groups (broad SMARTS) is 1. The first-order valence-electron chi connectivity index (χ1n) is 6.30. The van der Waals surface area contributed by atoms with Gasteiger partial charge in [0, 0.05) is 26.2 Å². The standard InChI is InChI=1S/C14H19NO3/c1-11-3-4-12(9-13(11)14(16)17)10-15-5-2-7-18-8-6-15/h3-4,9H,2,5-8,10H2,1H3,(H,16,17). The summed E-state index contributed by atoms with van der Waals surface area (Å²) >= 11 is 0. The van der Waals surface area contributed by atoms with E-state index in [-0.39, 0.29) is 0 Å². The number of aromatic carboxylic acids is 1. The summed E-state index contributed by atoms with van der Waals surface area (Å²) in [5, 5.41) is 9.11. The molecule has 18 heavy (non-hydrogen) atoms. The molecule has 0 aromatic heterocycles. The van der Waals surface area contributed by atoms with Crippen LogP contribution in [0, 0.1) is 6.92 Å². The quantitative estimate of drug-likeness (QED) is 0.889. The molecule has 1 saturated heterocycles. The Labute approximate surface area is 107 Å². The van der Waals surface area contributed by atoms with Gasteiger partial charge in [-0.25, -0.2) is 4.79 Å². The summed E-state index contributed by atoms with van der Waals surface area (Å²) in [6.07, 6.45) is 1.04. The fourth-order valence-corrected chi connectivity index (χ4v) is 2.21. The minimum atomic E-state index is -0.853. The number of benzene rings is 1. The second-order valence-electron chi connectivity index (χ2n) is 4.70. The molecule has 0 amide bonds. The topological polar surface area (TPSA) is 49.8 Å². The van der Waals surface area contributed by atoms with E-state index in [0.717, 1.165) is 50.4 Å². The highest BCUT2D eigenvalue weighted by atomic mass is 16.5. The number of nitrogens with zero attached hydrogens (tertiary/aromatic N) is 1. The van der Waals surface area contributed by atoms with Crippen LogP contribution >= 0.6 is 0 Å². The van der Waals surface area contributed by atoms with E-state index in [1.807, 2.05) is 19.1 Å². The second-order valence-corrected chi connectivity index (χ2v) is 4.70. The smallest absolute Gasteiger partial charge is 0.335 e. The average molecular weight is 249 g/mol. The van der Waals surface area contributed by atoms with Crippen molar-refractivity contribution in [3.8, 4) is 0 Å². The molecular formula is C14H19NO3. The lowest BCUT2D eigenvalue weighted by Gasteiger charge is -2.19. The Morgan fingerprint density at radius 3 is 3.00 bits per heavy atom. The molecule has 1 aromatic carbocycles. The van der Waals surface area contributed by atoms with Crippen molar-refractivity contribution in [3.05, 3.63) is 34.9 Å².